The van der Waals surface area contributed by atoms with Crippen LogP contribution in [0.1, 0.15) is 32.0 Å². The van der Waals surface area contributed by atoms with Gasteiger partial charge in [-0.1, -0.05) is 85.3 Å². The van der Waals surface area contributed by atoms with E-state index in [0.717, 1.165) is 38.4 Å². The van der Waals surface area contributed by atoms with Gasteiger partial charge in [-0.2, -0.15) is 0 Å². The standard InChI is InChI=1S/C35H35N3O3/c1-24(2)17-18-41-35(40)33(21-30-22-36-23-37-30)38(31-16-15-26-9-4-5-11-28(26)20-31)34(39)25(3)19-29-13-8-12-27-10-6-7-14-32(27)29/h4-17,20,22-23,25,33H,18-19,21H2,1-3H3,(H,36,37)/t25?,33-/m0/s1. The first-order chi connectivity index (χ1) is 19.9. The number of amides is 1. The van der Waals surface area contributed by atoms with Crippen LogP contribution in [0.5, 0.6) is 0 Å². The van der Waals surface area contributed by atoms with Crippen molar-refractivity contribution >= 4 is 39.1 Å². The summed E-state index contributed by atoms with van der Waals surface area (Å²) in [6.45, 7) is 5.98. The Morgan fingerprint density at radius 3 is 2.39 bits per heavy atom. The van der Waals surface area contributed by atoms with Crippen molar-refractivity contribution in [2.45, 2.75) is 39.7 Å². The third-order valence-corrected chi connectivity index (χ3v) is 7.35. The lowest BCUT2D eigenvalue weighted by Crippen LogP contribution is -2.50. The number of nitrogens with one attached hydrogen (secondary N) is 1. The van der Waals surface area contributed by atoms with Gasteiger partial charge in [-0.15, -0.1) is 0 Å². The molecule has 5 aromatic rings. The SMILES string of the molecule is CC(C)=CCOC(=O)[C@H](Cc1cnc[nH]1)N(C(=O)C(C)Cc1cccc2ccccc12)c1ccc2ccccc2c1. The highest BCUT2D eigenvalue weighted by molar-refractivity contribution is 6.02. The average molecular weight is 546 g/mol. The number of imidazole rings is 1. The lowest BCUT2D eigenvalue weighted by Gasteiger charge is -2.32. The molecule has 208 valence electrons. The first-order valence-corrected chi connectivity index (χ1v) is 14.0. The van der Waals surface area contributed by atoms with E-state index in [1.165, 1.54) is 0 Å². The number of anilines is 1. The fourth-order valence-electron chi connectivity index (χ4n) is 5.18. The van der Waals surface area contributed by atoms with Gasteiger partial charge < -0.3 is 9.72 Å². The molecule has 1 unspecified atom stereocenters. The molecule has 0 saturated heterocycles. The van der Waals surface area contributed by atoms with Crippen LogP contribution >= 0.6 is 0 Å². The van der Waals surface area contributed by atoms with Crippen molar-refractivity contribution in [2.24, 2.45) is 5.92 Å². The summed E-state index contributed by atoms with van der Waals surface area (Å²) in [4.78, 5) is 37.0. The molecule has 0 spiro atoms. The van der Waals surface area contributed by atoms with Gasteiger partial charge in [0.05, 0.1) is 6.33 Å². The van der Waals surface area contributed by atoms with Crippen LogP contribution < -0.4 is 4.90 Å². The highest BCUT2D eigenvalue weighted by Gasteiger charge is 2.35. The molecule has 1 N–H and O–H groups in total. The number of hydrogen-bond acceptors (Lipinski definition) is 4. The average Bonchev–Trinajstić information content (AvgIpc) is 3.50. The Kier molecular flexibility index (Phi) is 8.59. The van der Waals surface area contributed by atoms with Gasteiger partial charge in [-0.3, -0.25) is 9.69 Å². The van der Waals surface area contributed by atoms with Gasteiger partial charge in [-0.25, -0.2) is 9.78 Å². The molecule has 6 nitrogen and oxygen atoms in total. The van der Waals surface area contributed by atoms with Crippen LogP contribution in [-0.2, 0) is 27.2 Å². The van der Waals surface area contributed by atoms with E-state index in [-0.39, 0.29) is 18.9 Å². The quantitative estimate of drug-likeness (QED) is 0.151. The van der Waals surface area contributed by atoms with Crippen molar-refractivity contribution in [3.05, 3.63) is 120 Å². The lowest BCUT2D eigenvalue weighted by molar-refractivity contribution is -0.145. The third kappa shape index (κ3) is 6.55. The zero-order valence-electron chi connectivity index (χ0n) is 23.7. The summed E-state index contributed by atoms with van der Waals surface area (Å²) in [5.74, 6) is -1.00. The monoisotopic (exact) mass is 545 g/mol. The maximum absolute atomic E-state index is 14.5. The van der Waals surface area contributed by atoms with Crippen molar-refractivity contribution in [1.82, 2.24) is 9.97 Å². The van der Waals surface area contributed by atoms with E-state index in [0.29, 0.717) is 12.1 Å². The highest BCUT2D eigenvalue weighted by Crippen LogP contribution is 2.29. The van der Waals surface area contributed by atoms with Crippen LogP contribution in [0.3, 0.4) is 0 Å². The Morgan fingerprint density at radius 2 is 1.63 bits per heavy atom. The van der Waals surface area contributed by atoms with Crippen molar-refractivity contribution < 1.29 is 14.3 Å². The fourth-order valence-corrected chi connectivity index (χ4v) is 5.18. The first-order valence-electron chi connectivity index (χ1n) is 14.0. The maximum Gasteiger partial charge on any atom is 0.329 e. The van der Waals surface area contributed by atoms with E-state index in [4.69, 9.17) is 4.74 Å². The minimum Gasteiger partial charge on any atom is -0.460 e. The molecule has 2 atom stereocenters. The maximum atomic E-state index is 14.5. The van der Waals surface area contributed by atoms with Crippen LogP contribution in [0, 0.1) is 5.92 Å². The smallest absolute Gasteiger partial charge is 0.329 e. The molecule has 5 rings (SSSR count). The van der Waals surface area contributed by atoms with Gasteiger partial charge in [0.15, 0.2) is 0 Å². The number of hydrogen-bond donors (Lipinski definition) is 1. The number of aromatic nitrogens is 2. The van der Waals surface area contributed by atoms with Crippen LogP contribution in [0.15, 0.2) is 109 Å². The summed E-state index contributed by atoms with van der Waals surface area (Å²) in [6, 6.07) is 27.4. The molecular weight excluding hydrogens is 510 g/mol. The number of rotatable bonds is 10. The highest BCUT2D eigenvalue weighted by atomic mass is 16.5. The van der Waals surface area contributed by atoms with Crippen LogP contribution in [0.4, 0.5) is 5.69 Å². The normalized spacial score (nSPS) is 12.6. The zero-order valence-corrected chi connectivity index (χ0v) is 23.7. The second-order valence-corrected chi connectivity index (χ2v) is 10.7. The second kappa shape index (κ2) is 12.6. The lowest BCUT2D eigenvalue weighted by atomic mass is 9.94. The Balaban J connectivity index is 1.55. The van der Waals surface area contributed by atoms with Crippen molar-refractivity contribution in [1.29, 1.82) is 0 Å². The Labute approximate surface area is 240 Å². The number of allylic oxidation sites excluding steroid dienone is 1. The molecule has 4 aromatic carbocycles. The number of carbonyl (C=O) groups excluding carboxylic acids is 2. The predicted octanol–water partition coefficient (Wildman–Crippen LogP) is 7.05. The molecule has 1 aromatic heterocycles. The minimum atomic E-state index is -0.885. The summed E-state index contributed by atoms with van der Waals surface area (Å²) in [7, 11) is 0. The molecule has 0 aliphatic rings. The molecule has 0 radical (unpaired) electrons. The molecule has 0 saturated carbocycles. The zero-order chi connectivity index (χ0) is 28.8. The summed E-state index contributed by atoms with van der Waals surface area (Å²) >= 11 is 0. The summed E-state index contributed by atoms with van der Waals surface area (Å²) < 4.78 is 5.72. The van der Waals surface area contributed by atoms with Crippen molar-refractivity contribution in [3.63, 3.8) is 0 Å². The van der Waals surface area contributed by atoms with Gasteiger partial charge in [0.2, 0.25) is 5.91 Å². The van der Waals surface area contributed by atoms with E-state index in [2.05, 4.69) is 34.2 Å². The Hall–Kier alpha value is -4.71. The largest absolute Gasteiger partial charge is 0.460 e. The summed E-state index contributed by atoms with van der Waals surface area (Å²) in [5, 5.41) is 4.31. The molecule has 0 bridgehead atoms. The Morgan fingerprint density at radius 1 is 0.902 bits per heavy atom. The van der Waals surface area contributed by atoms with Gasteiger partial charge in [0.1, 0.15) is 12.6 Å². The van der Waals surface area contributed by atoms with E-state index in [1.807, 2.05) is 87.5 Å². The molecule has 1 heterocycles. The number of ether oxygens (including phenoxy) is 1. The number of carbonyl (C=O) groups is 2. The van der Waals surface area contributed by atoms with Crippen molar-refractivity contribution in [2.75, 3.05) is 11.5 Å². The van der Waals surface area contributed by atoms with Crippen LogP contribution in [-0.4, -0.2) is 34.5 Å². The summed E-state index contributed by atoms with van der Waals surface area (Å²) in [6.07, 6.45) is 5.89. The molecule has 0 aliphatic heterocycles. The topological polar surface area (TPSA) is 75.3 Å². The van der Waals surface area contributed by atoms with Gasteiger partial charge in [-0.05, 0) is 65.6 Å². The number of nitrogens with zero attached hydrogens (tertiary/aromatic N) is 2. The molecule has 6 heteroatoms. The minimum absolute atomic E-state index is 0.142. The molecule has 41 heavy (non-hydrogen) atoms. The van der Waals surface area contributed by atoms with E-state index < -0.39 is 17.9 Å². The molecule has 0 aliphatic carbocycles. The predicted molar refractivity (Wildman–Crippen MR) is 165 cm³/mol. The molecule has 0 fully saturated rings. The van der Waals surface area contributed by atoms with Gasteiger partial charge >= 0.3 is 5.97 Å². The summed E-state index contributed by atoms with van der Waals surface area (Å²) in [5.41, 5.74) is 3.55. The molecule has 1 amide bonds. The number of H-pyrrole nitrogens is 1. The Bertz CT molecular complexity index is 1680. The fraction of sp³-hybridized carbons (Fsp3) is 0.229. The number of fused-ring (bicyclic) bond motifs is 2. The van der Waals surface area contributed by atoms with E-state index in [1.54, 1.807) is 17.4 Å². The second-order valence-electron chi connectivity index (χ2n) is 10.7. The number of benzene rings is 4. The van der Waals surface area contributed by atoms with E-state index >= 15 is 0 Å². The van der Waals surface area contributed by atoms with Crippen LogP contribution in [0.25, 0.3) is 21.5 Å². The molecular formula is C35H35N3O3. The van der Waals surface area contributed by atoms with Crippen LogP contribution in [0.2, 0.25) is 0 Å². The number of esters is 1. The third-order valence-electron chi connectivity index (χ3n) is 7.35. The first kappa shape index (κ1) is 27.8. The van der Waals surface area contributed by atoms with E-state index in [9.17, 15) is 9.59 Å². The number of aromatic amines is 1. The van der Waals surface area contributed by atoms with Crippen molar-refractivity contribution in [3.8, 4) is 0 Å². The van der Waals surface area contributed by atoms with Gasteiger partial charge in [0.25, 0.3) is 0 Å². The van der Waals surface area contributed by atoms with Gasteiger partial charge in [0, 0.05) is 29.9 Å².